The maximum absolute atomic E-state index is 15.2. The largest absolute Gasteiger partial charge is 0.496 e. The van der Waals surface area contributed by atoms with E-state index in [0.717, 1.165) is 63.4 Å². The molecule has 1 unspecified atom stereocenters. The van der Waals surface area contributed by atoms with Crippen molar-refractivity contribution in [3.63, 3.8) is 0 Å². The molecular weight excluding hydrogens is 789 g/mol. The predicted molar refractivity (Wildman–Crippen MR) is 224 cm³/mol. The first kappa shape index (κ1) is 42.0. The van der Waals surface area contributed by atoms with Gasteiger partial charge in [-0.05, 0) is 95.5 Å². The van der Waals surface area contributed by atoms with Crippen molar-refractivity contribution in [3.05, 3.63) is 42.5 Å². The molecule has 0 radical (unpaired) electrons. The van der Waals surface area contributed by atoms with Gasteiger partial charge in [0.1, 0.15) is 29.2 Å². The van der Waals surface area contributed by atoms with E-state index in [1.165, 1.54) is 0 Å². The summed E-state index contributed by atoms with van der Waals surface area (Å²) in [6.45, 7) is 6.06. The Morgan fingerprint density at radius 2 is 1.75 bits per heavy atom. The number of carbonyl (C=O) groups is 4. The van der Waals surface area contributed by atoms with Crippen molar-refractivity contribution in [3.8, 4) is 17.4 Å². The van der Waals surface area contributed by atoms with Gasteiger partial charge < -0.3 is 29.6 Å². The van der Waals surface area contributed by atoms with Crippen LogP contribution in [-0.2, 0) is 29.1 Å². The van der Waals surface area contributed by atoms with Crippen molar-refractivity contribution in [2.75, 3.05) is 13.7 Å². The lowest BCUT2D eigenvalue weighted by Gasteiger charge is -2.34. The van der Waals surface area contributed by atoms with Crippen molar-refractivity contribution in [2.45, 2.75) is 132 Å². The summed E-state index contributed by atoms with van der Waals surface area (Å²) in [5.74, 6) is -2.68. The average molecular weight is 847 g/mol. The van der Waals surface area contributed by atoms with Crippen LogP contribution in [0.4, 0.5) is 4.79 Å². The summed E-state index contributed by atoms with van der Waals surface area (Å²) in [7, 11) is -2.30. The Labute approximate surface area is 352 Å². The molecule has 0 spiro atoms. The lowest BCUT2D eigenvalue weighted by Crippen LogP contribution is -2.55. The number of alkyl carbamates (subject to hydrolysis) is 1. The lowest BCUT2D eigenvalue weighted by molar-refractivity contribution is -0.136. The smallest absolute Gasteiger partial charge is 0.408 e. The van der Waals surface area contributed by atoms with Crippen LogP contribution in [0.5, 0.6) is 17.4 Å². The molecule has 4 bridgehead atoms. The zero-order valence-corrected chi connectivity index (χ0v) is 35.4. The summed E-state index contributed by atoms with van der Waals surface area (Å²) in [5.41, 5.74) is -0.149. The molecule has 1 aromatic carbocycles. The molecule has 60 heavy (non-hydrogen) atoms. The summed E-state index contributed by atoms with van der Waals surface area (Å²) in [5, 5.41) is 6.00. The Morgan fingerprint density at radius 3 is 2.47 bits per heavy atom. The third-order valence-electron chi connectivity index (χ3n) is 13.7. The number of amides is 3. The van der Waals surface area contributed by atoms with E-state index in [4.69, 9.17) is 23.9 Å². The van der Waals surface area contributed by atoms with Gasteiger partial charge >= 0.3 is 6.09 Å². The summed E-state index contributed by atoms with van der Waals surface area (Å²) in [4.78, 5) is 62.2. The maximum atomic E-state index is 15.2. The minimum absolute atomic E-state index is 0.0819. The highest BCUT2D eigenvalue weighted by atomic mass is 32.2. The number of nitrogens with zero attached hydrogens (tertiary/aromatic N) is 1. The number of benzene rings is 1. The second-order valence-electron chi connectivity index (χ2n) is 17.7. The summed E-state index contributed by atoms with van der Waals surface area (Å²) < 4.78 is 52.6. The number of nitrogens with one attached hydrogen (secondary N) is 3. The molecule has 5 aliphatic carbocycles. The van der Waals surface area contributed by atoms with E-state index in [1.807, 2.05) is 25.1 Å². The molecule has 15 heteroatoms. The zero-order chi connectivity index (χ0) is 42.2. The molecule has 5 fully saturated rings. The monoisotopic (exact) mass is 846 g/mol. The first-order chi connectivity index (χ1) is 28.9. The second-order valence-corrected chi connectivity index (χ2v) is 19.6. The number of hydrogen-bond acceptors (Lipinski definition) is 11. The number of aromatic nitrogens is 1. The van der Waals surface area contributed by atoms with Gasteiger partial charge in [-0.3, -0.25) is 19.1 Å². The van der Waals surface area contributed by atoms with Crippen molar-refractivity contribution < 1.29 is 46.5 Å². The van der Waals surface area contributed by atoms with E-state index in [-0.39, 0.29) is 43.0 Å². The Hall–Kier alpha value is -4.66. The zero-order valence-electron chi connectivity index (χ0n) is 34.6. The van der Waals surface area contributed by atoms with Gasteiger partial charge in [0.05, 0.1) is 36.4 Å². The number of methoxy groups -OCH3 is 1. The third kappa shape index (κ3) is 8.73. The van der Waals surface area contributed by atoms with Crippen molar-refractivity contribution in [2.24, 2.45) is 29.6 Å². The minimum Gasteiger partial charge on any atom is -0.496 e. The highest BCUT2D eigenvalue weighted by Gasteiger charge is 2.62. The number of carbonyl (C=O) groups excluding carboxylic acids is 4. The van der Waals surface area contributed by atoms with Crippen molar-refractivity contribution in [1.82, 2.24) is 20.3 Å². The lowest BCUT2D eigenvalue weighted by atomic mass is 9.77. The van der Waals surface area contributed by atoms with E-state index in [2.05, 4.69) is 28.0 Å². The van der Waals surface area contributed by atoms with Gasteiger partial charge in [0.25, 0.3) is 5.91 Å². The highest BCUT2D eigenvalue weighted by molar-refractivity contribution is 7.91. The number of ketones is 1. The number of hydrogen-bond donors (Lipinski definition) is 3. The standard InChI is InChI=1S/C45H58N4O10S/c1-4-29-25-45(29,43(52)49-60(54,55)31-18-19-31)48-42(51)33-22-30-21-32(33)41(50)40(27-13-7-6-8-14-27)47-44(53)59-36-17-10-9-12-26(36)15-11-16-28-20-34-35(23-37(28)56-3)46-39(57-5-2)24-38(34)58-30/h4,11,16,20,23-24,26-27,29-33,36,40H,1,5-10,12-15,17-19,21-22,25H2,2-3H3,(H,47,53)(H,48,51)(H,49,52)/b16-11+/t26-,29-,30+,32?,33-,36+,40+,45-/m1/s1. The number of Topliss-reactive ketones (excluding diaryl/α,β-unsaturated/α-hetero) is 1. The summed E-state index contributed by atoms with van der Waals surface area (Å²) >= 11 is 0. The maximum Gasteiger partial charge on any atom is 0.408 e. The summed E-state index contributed by atoms with van der Waals surface area (Å²) in [6, 6.07) is 4.62. The molecule has 324 valence electrons. The molecule has 8 rings (SSSR count). The Balaban J connectivity index is 1.18. The van der Waals surface area contributed by atoms with Gasteiger partial charge in [-0.2, -0.15) is 0 Å². The fourth-order valence-electron chi connectivity index (χ4n) is 10.1. The molecule has 14 nitrogen and oxygen atoms in total. The molecule has 8 atom stereocenters. The molecular formula is C45H58N4O10S. The van der Waals surface area contributed by atoms with Crippen LogP contribution < -0.4 is 29.6 Å². The number of fused-ring (bicyclic) bond motifs is 4. The van der Waals surface area contributed by atoms with Crippen LogP contribution in [0.3, 0.4) is 0 Å². The Bertz CT molecular complexity index is 2150. The molecule has 2 heterocycles. The van der Waals surface area contributed by atoms with Gasteiger partial charge in [-0.15, -0.1) is 6.58 Å². The first-order valence-corrected chi connectivity index (χ1v) is 23.5. The minimum atomic E-state index is -3.90. The number of rotatable bonds is 10. The Morgan fingerprint density at radius 1 is 1.00 bits per heavy atom. The molecule has 2 aromatic rings. The Kier molecular flexibility index (Phi) is 12.2. The normalized spacial score (nSPS) is 31.6. The van der Waals surface area contributed by atoms with E-state index in [9.17, 15) is 22.8 Å². The van der Waals surface area contributed by atoms with E-state index in [1.54, 1.807) is 19.3 Å². The highest BCUT2D eigenvalue weighted by Crippen LogP contribution is 2.47. The molecule has 5 saturated carbocycles. The van der Waals surface area contributed by atoms with Gasteiger partial charge in [0, 0.05) is 34.9 Å². The van der Waals surface area contributed by atoms with Gasteiger partial charge in [0.2, 0.25) is 21.8 Å². The van der Waals surface area contributed by atoms with Crippen LogP contribution in [-0.4, -0.2) is 79.8 Å². The van der Waals surface area contributed by atoms with Crippen LogP contribution in [0, 0.1) is 29.6 Å². The predicted octanol–water partition coefficient (Wildman–Crippen LogP) is 6.30. The van der Waals surface area contributed by atoms with E-state index < -0.39 is 68.6 Å². The number of sulfonamides is 1. The molecule has 6 aliphatic rings. The van der Waals surface area contributed by atoms with Crippen LogP contribution in [0.25, 0.3) is 17.0 Å². The van der Waals surface area contributed by atoms with E-state index in [0.29, 0.717) is 54.2 Å². The molecule has 3 N–H and O–H groups in total. The molecule has 3 amide bonds. The van der Waals surface area contributed by atoms with Crippen LogP contribution in [0.15, 0.2) is 36.9 Å². The molecule has 0 saturated heterocycles. The van der Waals surface area contributed by atoms with Gasteiger partial charge in [-0.25, -0.2) is 18.2 Å². The number of ether oxygens (including phenoxy) is 4. The summed E-state index contributed by atoms with van der Waals surface area (Å²) in [6.07, 6.45) is 14.0. The quantitative estimate of drug-likeness (QED) is 0.228. The van der Waals surface area contributed by atoms with Gasteiger partial charge in [0.15, 0.2) is 5.78 Å². The number of pyridine rings is 1. The third-order valence-corrected chi connectivity index (χ3v) is 15.5. The second kappa shape index (κ2) is 17.4. The van der Waals surface area contributed by atoms with Crippen LogP contribution in [0.2, 0.25) is 0 Å². The van der Waals surface area contributed by atoms with Gasteiger partial charge in [-0.1, -0.05) is 43.9 Å². The average Bonchev–Trinajstić information content (AvgIpc) is 4.17. The first-order valence-electron chi connectivity index (χ1n) is 21.9. The number of allylic oxidation sites excluding steroid dienone is 1. The van der Waals surface area contributed by atoms with Crippen LogP contribution in [0.1, 0.15) is 109 Å². The van der Waals surface area contributed by atoms with Crippen LogP contribution >= 0.6 is 0 Å². The topological polar surface area (TPSA) is 188 Å². The fourth-order valence-corrected chi connectivity index (χ4v) is 11.5. The fraction of sp³-hybridized carbons (Fsp3) is 0.622. The van der Waals surface area contributed by atoms with Crippen molar-refractivity contribution >= 4 is 50.7 Å². The SMILES string of the molecule is C=C[C@@H]1C[C@]1(NC(=O)[C@@H]1C[C@@H]2CC1C(=O)[C@H](C1CCCCC1)NC(=O)O[C@H]1CCCC[C@@H]1C/C=C/c1cc3c(cc(OCC)nc3cc1OC)O2)C(=O)NS(=O)(=O)C1CC1. The molecule has 1 aliphatic heterocycles. The van der Waals surface area contributed by atoms with Crippen molar-refractivity contribution in [1.29, 1.82) is 0 Å². The van der Waals surface area contributed by atoms with E-state index >= 15 is 4.79 Å². The molecule has 1 aromatic heterocycles.